The minimum Gasteiger partial charge on any atom is -0.480 e. The second-order valence-corrected chi connectivity index (χ2v) is 6.50. The average Bonchev–Trinajstić information content (AvgIpc) is 3.07. The van der Waals surface area contributed by atoms with Gasteiger partial charge < -0.3 is 19.3 Å². The average molecular weight is 357 g/mol. The number of halogens is 1. The van der Waals surface area contributed by atoms with Crippen LogP contribution in [-0.4, -0.2) is 52.3 Å². The van der Waals surface area contributed by atoms with Crippen LogP contribution >= 0.6 is 15.9 Å². The third kappa shape index (κ3) is 2.72. The molecule has 1 saturated heterocycles. The summed E-state index contributed by atoms with van der Waals surface area (Å²) in [5.41, 5.74) is 0.548. The van der Waals surface area contributed by atoms with Crippen molar-refractivity contribution in [2.75, 3.05) is 13.7 Å². The van der Waals surface area contributed by atoms with Crippen LogP contribution in [0.3, 0.4) is 0 Å². The molecule has 0 radical (unpaired) electrons. The zero-order valence-electron chi connectivity index (χ0n) is 11.7. The van der Waals surface area contributed by atoms with Gasteiger partial charge >= 0.3 is 5.97 Å². The van der Waals surface area contributed by atoms with E-state index in [0.29, 0.717) is 24.7 Å². The first kappa shape index (κ1) is 14.6. The summed E-state index contributed by atoms with van der Waals surface area (Å²) >= 11 is 3.39. The zero-order chi connectivity index (χ0) is 15.1. The molecule has 2 unspecified atom stereocenters. The molecule has 114 valence electrons. The van der Waals surface area contributed by atoms with Gasteiger partial charge in [-0.25, -0.2) is 4.79 Å². The summed E-state index contributed by atoms with van der Waals surface area (Å²) in [4.78, 5) is 25.5. The van der Waals surface area contributed by atoms with Gasteiger partial charge in [-0.05, 0) is 34.8 Å². The smallest absolute Gasteiger partial charge is 0.326 e. The number of ether oxygens (including phenoxy) is 1. The number of carboxylic acids is 1. The van der Waals surface area contributed by atoms with Crippen LogP contribution in [0, 0.1) is 0 Å². The van der Waals surface area contributed by atoms with Gasteiger partial charge in [-0.15, -0.1) is 0 Å². The lowest BCUT2D eigenvalue weighted by Gasteiger charge is -2.22. The fraction of sp³-hybridized carbons (Fsp3) is 0.571. The van der Waals surface area contributed by atoms with Crippen molar-refractivity contribution in [3.63, 3.8) is 0 Å². The number of aliphatic carboxylic acids is 1. The molecular weight excluding hydrogens is 340 g/mol. The molecule has 2 atom stereocenters. The Labute approximate surface area is 130 Å². The zero-order valence-corrected chi connectivity index (χ0v) is 13.2. The minimum atomic E-state index is -0.980. The van der Waals surface area contributed by atoms with Gasteiger partial charge in [-0.3, -0.25) is 4.79 Å². The molecule has 3 rings (SSSR count). The molecule has 1 saturated carbocycles. The van der Waals surface area contributed by atoms with Crippen molar-refractivity contribution in [2.24, 2.45) is 0 Å². The molecule has 1 aromatic rings. The van der Waals surface area contributed by atoms with Crippen molar-refractivity contribution >= 4 is 27.8 Å². The van der Waals surface area contributed by atoms with E-state index in [-0.39, 0.29) is 12.0 Å². The van der Waals surface area contributed by atoms with Gasteiger partial charge in [0.2, 0.25) is 0 Å². The molecule has 0 bridgehead atoms. The number of methoxy groups -OCH3 is 1. The van der Waals surface area contributed by atoms with Crippen LogP contribution in [0.4, 0.5) is 0 Å². The SMILES string of the molecule is COC1CC(C(=O)O)N(C(=O)c2cc(Br)cn2C2CC2)C1. The van der Waals surface area contributed by atoms with Crippen LogP contribution in [-0.2, 0) is 9.53 Å². The van der Waals surface area contributed by atoms with Gasteiger partial charge in [0.25, 0.3) is 5.91 Å². The van der Waals surface area contributed by atoms with Crippen molar-refractivity contribution in [3.8, 4) is 0 Å². The highest BCUT2D eigenvalue weighted by molar-refractivity contribution is 9.10. The molecule has 21 heavy (non-hydrogen) atoms. The molecule has 7 heteroatoms. The lowest BCUT2D eigenvalue weighted by atomic mass is 10.2. The number of hydrogen-bond donors (Lipinski definition) is 1. The second-order valence-electron chi connectivity index (χ2n) is 5.59. The summed E-state index contributed by atoms with van der Waals surface area (Å²) in [5, 5.41) is 9.32. The molecule has 2 fully saturated rings. The molecule has 2 aliphatic rings. The molecular formula is C14H17BrN2O4. The van der Waals surface area contributed by atoms with E-state index in [2.05, 4.69) is 15.9 Å². The van der Waals surface area contributed by atoms with Crippen LogP contribution < -0.4 is 0 Å². The summed E-state index contributed by atoms with van der Waals surface area (Å²) in [7, 11) is 1.54. The molecule has 1 aliphatic carbocycles. The first-order chi connectivity index (χ1) is 10.0. The van der Waals surface area contributed by atoms with Crippen molar-refractivity contribution in [3.05, 3.63) is 22.4 Å². The number of carboxylic acid groups (broad SMARTS) is 1. The highest BCUT2D eigenvalue weighted by atomic mass is 79.9. The third-order valence-corrected chi connectivity index (χ3v) is 4.55. The molecule has 1 amide bonds. The number of nitrogens with zero attached hydrogens (tertiary/aromatic N) is 2. The van der Waals surface area contributed by atoms with E-state index >= 15 is 0 Å². The Morgan fingerprint density at radius 2 is 2.14 bits per heavy atom. The van der Waals surface area contributed by atoms with Gasteiger partial charge in [0.05, 0.1) is 6.10 Å². The standard InChI is InChI=1S/C14H17BrN2O4/c1-21-10-5-12(14(19)20)17(7-10)13(18)11-4-8(15)6-16(11)9-2-3-9/h4,6,9-10,12H,2-3,5,7H2,1H3,(H,19,20). The van der Waals surface area contributed by atoms with E-state index in [1.165, 1.54) is 4.90 Å². The summed E-state index contributed by atoms with van der Waals surface area (Å²) in [6, 6.07) is 1.31. The molecule has 1 N–H and O–H groups in total. The maximum Gasteiger partial charge on any atom is 0.326 e. The van der Waals surface area contributed by atoms with Gasteiger partial charge in [-0.1, -0.05) is 0 Å². The van der Waals surface area contributed by atoms with Crippen molar-refractivity contribution in [2.45, 2.75) is 37.5 Å². The summed E-state index contributed by atoms with van der Waals surface area (Å²) in [6.07, 6.45) is 4.13. The monoisotopic (exact) mass is 356 g/mol. The number of carbonyl (C=O) groups excluding carboxylic acids is 1. The molecule has 1 aromatic heterocycles. The van der Waals surface area contributed by atoms with Crippen LogP contribution in [0.15, 0.2) is 16.7 Å². The fourth-order valence-corrected chi connectivity index (χ4v) is 3.28. The molecule has 6 nitrogen and oxygen atoms in total. The van der Waals surface area contributed by atoms with Crippen LogP contribution in [0.5, 0.6) is 0 Å². The Kier molecular flexibility index (Phi) is 3.79. The normalized spacial score (nSPS) is 25.3. The molecule has 1 aliphatic heterocycles. The van der Waals surface area contributed by atoms with Crippen molar-refractivity contribution in [1.29, 1.82) is 0 Å². The van der Waals surface area contributed by atoms with Gasteiger partial charge in [-0.2, -0.15) is 0 Å². The van der Waals surface area contributed by atoms with E-state index in [4.69, 9.17) is 4.74 Å². The minimum absolute atomic E-state index is 0.220. The number of amides is 1. The predicted molar refractivity (Wildman–Crippen MR) is 78.3 cm³/mol. The fourth-order valence-electron chi connectivity index (χ4n) is 2.85. The van der Waals surface area contributed by atoms with Crippen LogP contribution in [0.25, 0.3) is 0 Å². The Morgan fingerprint density at radius 3 is 2.71 bits per heavy atom. The first-order valence-corrected chi connectivity index (χ1v) is 7.74. The highest BCUT2D eigenvalue weighted by Gasteiger charge is 2.41. The first-order valence-electron chi connectivity index (χ1n) is 6.95. The van der Waals surface area contributed by atoms with Crippen molar-refractivity contribution in [1.82, 2.24) is 9.47 Å². The number of hydrogen-bond acceptors (Lipinski definition) is 3. The van der Waals surface area contributed by atoms with E-state index in [9.17, 15) is 14.7 Å². The predicted octanol–water partition coefficient (Wildman–Crippen LogP) is 1.90. The van der Waals surface area contributed by atoms with Gasteiger partial charge in [0.15, 0.2) is 0 Å². The van der Waals surface area contributed by atoms with E-state index in [1.54, 1.807) is 13.2 Å². The number of aromatic nitrogens is 1. The van der Waals surface area contributed by atoms with Gasteiger partial charge in [0.1, 0.15) is 11.7 Å². The molecule has 2 heterocycles. The van der Waals surface area contributed by atoms with E-state index < -0.39 is 12.0 Å². The Hall–Kier alpha value is -1.34. The summed E-state index contributed by atoms with van der Waals surface area (Å²) < 4.78 is 8.02. The van der Waals surface area contributed by atoms with Crippen LogP contribution in [0.2, 0.25) is 0 Å². The lowest BCUT2D eigenvalue weighted by molar-refractivity contribution is -0.141. The largest absolute Gasteiger partial charge is 0.480 e. The third-order valence-electron chi connectivity index (χ3n) is 4.12. The number of likely N-dealkylation sites (tertiary alicyclic amines) is 1. The van der Waals surface area contributed by atoms with Crippen molar-refractivity contribution < 1.29 is 19.4 Å². The highest BCUT2D eigenvalue weighted by Crippen LogP contribution is 2.38. The second kappa shape index (κ2) is 5.46. The van der Waals surface area contributed by atoms with E-state index in [1.807, 2.05) is 10.8 Å². The Bertz CT molecular complexity index is 582. The summed E-state index contributed by atoms with van der Waals surface area (Å²) in [6.45, 7) is 0.319. The molecule has 0 aromatic carbocycles. The Balaban J connectivity index is 1.88. The number of carbonyl (C=O) groups is 2. The van der Waals surface area contributed by atoms with Crippen LogP contribution in [0.1, 0.15) is 35.8 Å². The van der Waals surface area contributed by atoms with Gasteiger partial charge in [0, 0.05) is 36.8 Å². The summed E-state index contributed by atoms with van der Waals surface area (Å²) in [5.74, 6) is -1.22. The number of rotatable bonds is 4. The van der Waals surface area contributed by atoms with E-state index in [0.717, 1.165) is 17.3 Å². The maximum absolute atomic E-state index is 12.8. The maximum atomic E-state index is 12.8. The Morgan fingerprint density at radius 1 is 1.43 bits per heavy atom. The topological polar surface area (TPSA) is 71.8 Å². The lowest BCUT2D eigenvalue weighted by Crippen LogP contribution is -2.41. The quantitative estimate of drug-likeness (QED) is 0.894. The molecule has 0 spiro atoms.